The molecule has 2 heterocycles. The Morgan fingerprint density at radius 3 is 2.74 bits per heavy atom. The van der Waals surface area contributed by atoms with Gasteiger partial charge < -0.3 is 15.0 Å². The van der Waals surface area contributed by atoms with Gasteiger partial charge in [-0.25, -0.2) is 8.42 Å². The van der Waals surface area contributed by atoms with Crippen molar-refractivity contribution in [3.05, 3.63) is 22.4 Å². The van der Waals surface area contributed by atoms with Gasteiger partial charge in [-0.3, -0.25) is 4.79 Å². The van der Waals surface area contributed by atoms with Crippen LogP contribution in [0.5, 0.6) is 0 Å². The number of carbonyl (C=O) groups is 1. The van der Waals surface area contributed by atoms with Crippen molar-refractivity contribution in [2.75, 3.05) is 58.7 Å². The summed E-state index contributed by atoms with van der Waals surface area (Å²) in [6, 6.07) is 3.56. The van der Waals surface area contributed by atoms with E-state index in [-0.39, 0.29) is 18.2 Å². The van der Waals surface area contributed by atoms with Crippen LogP contribution >= 0.6 is 11.3 Å². The summed E-state index contributed by atoms with van der Waals surface area (Å²) in [7, 11) is -1.78. The van der Waals surface area contributed by atoms with Crippen LogP contribution in [0.15, 0.2) is 17.5 Å². The number of rotatable bonds is 8. The summed E-state index contributed by atoms with van der Waals surface area (Å²) in [6.45, 7) is 3.24. The van der Waals surface area contributed by atoms with Crippen LogP contribution in [0.4, 0.5) is 0 Å². The second-order valence-corrected chi connectivity index (χ2v) is 8.26. The van der Waals surface area contributed by atoms with E-state index in [2.05, 4.69) is 5.32 Å². The minimum atomic E-state index is -3.34. The molecule has 130 valence electrons. The van der Waals surface area contributed by atoms with Crippen LogP contribution in [-0.2, 0) is 14.8 Å². The lowest BCUT2D eigenvalue weighted by atomic mass is 10.4. The minimum absolute atomic E-state index is 0.0617. The number of ether oxygens (including phenoxy) is 1. The fourth-order valence-corrected chi connectivity index (χ4v) is 4.49. The summed E-state index contributed by atoms with van der Waals surface area (Å²) >= 11 is 1.35. The van der Waals surface area contributed by atoms with Crippen LogP contribution in [0.3, 0.4) is 0 Å². The lowest BCUT2D eigenvalue weighted by molar-refractivity contribution is 0.0712. The van der Waals surface area contributed by atoms with Crippen molar-refractivity contribution in [1.82, 2.24) is 14.5 Å². The Hall–Kier alpha value is -1.000. The van der Waals surface area contributed by atoms with Crippen molar-refractivity contribution in [1.29, 1.82) is 0 Å². The van der Waals surface area contributed by atoms with E-state index < -0.39 is 10.0 Å². The molecule has 0 saturated carbocycles. The van der Waals surface area contributed by atoms with Gasteiger partial charge >= 0.3 is 0 Å². The van der Waals surface area contributed by atoms with Gasteiger partial charge in [-0.2, -0.15) is 4.31 Å². The highest BCUT2D eigenvalue weighted by Crippen LogP contribution is 2.13. The Bertz CT molecular complexity index is 583. The molecular formula is C14H23N3O4S2. The van der Waals surface area contributed by atoms with E-state index in [0.717, 1.165) is 0 Å². The fourth-order valence-electron chi connectivity index (χ4n) is 2.35. The average molecular weight is 361 g/mol. The number of amides is 1. The number of nitrogens with one attached hydrogen (secondary N) is 1. The third-order valence-electron chi connectivity index (χ3n) is 3.67. The van der Waals surface area contributed by atoms with Gasteiger partial charge in [0.2, 0.25) is 10.0 Å². The number of thiophene rings is 1. The Morgan fingerprint density at radius 1 is 1.39 bits per heavy atom. The summed E-state index contributed by atoms with van der Waals surface area (Å²) in [4.78, 5) is 14.6. The van der Waals surface area contributed by atoms with Crippen molar-refractivity contribution in [3.63, 3.8) is 0 Å². The van der Waals surface area contributed by atoms with E-state index in [1.54, 1.807) is 18.1 Å². The summed E-state index contributed by atoms with van der Waals surface area (Å²) in [5.74, 6) is -0.207. The van der Waals surface area contributed by atoms with Gasteiger partial charge in [-0.1, -0.05) is 6.07 Å². The van der Waals surface area contributed by atoms with Crippen LogP contribution in [0.25, 0.3) is 0 Å². The zero-order valence-corrected chi connectivity index (χ0v) is 14.9. The molecule has 1 aliphatic heterocycles. The molecule has 2 rings (SSSR count). The number of hydrogen-bond donors (Lipinski definition) is 1. The van der Waals surface area contributed by atoms with E-state index in [1.807, 2.05) is 11.4 Å². The smallest absolute Gasteiger partial charge is 0.264 e. The quantitative estimate of drug-likeness (QED) is 0.709. The normalized spacial score (nSPS) is 16.4. The van der Waals surface area contributed by atoms with E-state index >= 15 is 0 Å². The lowest BCUT2D eigenvalue weighted by Crippen LogP contribution is -2.48. The van der Waals surface area contributed by atoms with Gasteiger partial charge in [-0.05, 0) is 11.4 Å². The Morgan fingerprint density at radius 2 is 2.13 bits per heavy atom. The molecule has 0 radical (unpaired) electrons. The van der Waals surface area contributed by atoms with Crippen molar-refractivity contribution in [2.24, 2.45) is 0 Å². The molecule has 1 aromatic heterocycles. The first kappa shape index (κ1) is 18.3. The summed E-state index contributed by atoms with van der Waals surface area (Å²) < 4.78 is 31.3. The van der Waals surface area contributed by atoms with Crippen molar-refractivity contribution < 1.29 is 17.9 Å². The maximum atomic E-state index is 12.5. The molecule has 1 N–H and O–H groups in total. The van der Waals surface area contributed by atoms with Gasteiger partial charge in [0, 0.05) is 46.4 Å². The number of carbonyl (C=O) groups excluding carboxylic acids is 1. The Labute approximate surface area is 141 Å². The highest BCUT2D eigenvalue weighted by molar-refractivity contribution is 7.89. The highest BCUT2D eigenvalue weighted by Gasteiger charge is 2.26. The molecule has 1 aromatic rings. The molecule has 0 bridgehead atoms. The van der Waals surface area contributed by atoms with Gasteiger partial charge in [0.1, 0.15) is 0 Å². The van der Waals surface area contributed by atoms with E-state index in [1.165, 1.54) is 15.6 Å². The molecular weight excluding hydrogens is 338 g/mol. The zero-order valence-electron chi connectivity index (χ0n) is 13.2. The predicted molar refractivity (Wildman–Crippen MR) is 90.3 cm³/mol. The van der Waals surface area contributed by atoms with Gasteiger partial charge in [-0.15, -0.1) is 11.3 Å². The number of nitrogens with zero attached hydrogens (tertiary/aromatic N) is 2. The second kappa shape index (κ2) is 8.74. The molecule has 7 nitrogen and oxygen atoms in total. The molecule has 1 fully saturated rings. The molecule has 0 spiro atoms. The zero-order chi connectivity index (χ0) is 16.7. The molecule has 9 heteroatoms. The molecule has 0 unspecified atom stereocenters. The molecule has 1 amide bonds. The third-order valence-corrected chi connectivity index (χ3v) is 6.38. The molecule has 1 aliphatic rings. The number of hydrogen-bond acceptors (Lipinski definition) is 6. The third kappa shape index (κ3) is 5.25. The van der Waals surface area contributed by atoms with Gasteiger partial charge in [0.25, 0.3) is 5.91 Å². The van der Waals surface area contributed by atoms with Gasteiger partial charge in [0.05, 0.1) is 17.2 Å². The first-order valence-electron chi connectivity index (χ1n) is 7.55. The molecule has 1 saturated heterocycles. The second-order valence-electron chi connectivity index (χ2n) is 5.23. The van der Waals surface area contributed by atoms with Crippen LogP contribution in [-0.4, -0.2) is 82.3 Å². The van der Waals surface area contributed by atoms with E-state index in [0.29, 0.717) is 44.2 Å². The number of methoxy groups -OCH3 is 1. The standard InChI is InChI=1S/C14H23N3O4S2/c1-21-10-8-16(14(18)13-3-2-11-22-13)9-12-23(19,20)17-6-4-15-5-7-17/h2-3,11,15H,4-10,12H2,1H3. The van der Waals surface area contributed by atoms with E-state index in [4.69, 9.17) is 4.74 Å². The summed E-state index contributed by atoms with van der Waals surface area (Å²) in [6.07, 6.45) is 0. The lowest BCUT2D eigenvalue weighted by Gasteiger charge is -2.28. The average Bonchev–Trinajstić information content (AvgIpc) is 3.10. The van der Waals surface area contributed by atoms with Crippen molar-refractivity contribution in [3.8, 4) is 0 Å². The molecule has 0 aromatic carbocycles. The maximum absolute atomic E-state index is 12.5. The highest BCUT2D eigenvalue weighted by atomic mass is 32.2. The topological polar surface area (TPSA) is 79.0 Å². The predicted octanol–water partition coefficient (Wildman–Crippen LogP) is 0.0717. The van der Waals surface area contributed by atoms with Crippen LogP contribution in [0, 0.1) is 0 Å². The Kier molecular flexibility index (Phi) is 6.97. The van der Waals surface area contributed by atoms with Crippen LogP contribution in [0.2, 0.25) is 0 Å². The van der Waals surface area contributed by atoms with E-state index in [9.17, 15) is 13.2 Å². The number of piperazine rings is 1. The number of sulfonamides is 1. The first-order valence-corrected chi connectivity index (χ1v) is 10.0. The molecule has 0 atom stereocenters. The summed E-state index contributed by atoms with van der Waals surface area (Å²) in [5, 5.41) is 4.96. The largest absolute Gasteiger partial charge is 0.383 e. The monoisotopic (exact) mass is 361 g/mol. The summed E-state index contributed by atoms with van der Waals surface area (Å²) in [5.41, 5.74) is 0. The fraction of sp³-hybridized carbons (Fsp3) is 0.643. The minimum Gasteiger partial charge on any atom is -0.383 e. The SMILES string of the molecule is COCCN(CCS(=O)(=O)N1CCNCC1)C(=O)c1cccs1. The Balaban J connectivity index is 1.98. The van der Waals surface area contributed by atoms with Crippen LogP contribution in [0.1, 0.15) is 9.67 Å². The van der Waals surface area contributed by atoms with Crippen LogP contribution < -0.4 is 5.32 Å². The van der Waals surface area contributed by atoms with Crippen molar-refractivity contribution in [2.45, 2.75) is 0 Å². The maximum Gasteiger partial charge on any atom is 0.264 e. The molecule has 23 heavy (non-hydrogen) atoms. The van der Waals surface area contributed by atoms with Gasteiger partial charge in [0.15, 0.2) is 0 Å². The van der Waals surface area contributed by atoms with Crippen molar-refractivity contribution >= 4 is 27.3 Å². The first-order chi connectivity index (χ1) is 11.0. The molecule has 0 aliphatic carbocycles.